The summed E-state index contributed by atoms with van der Waals surface area (Å²) in [6, 6.07) is -1.48. The smallest absolute Gasteiger partial charge is 0.328 e. The SMILES string of the molecule is COCC(NC(=O)N1CCOCC1C)C(=O)O. The summed E-state index contributed by atoms with van der Waals surface area (Å²) in [5.41, 5.74) is 0. The average Bonchev–Trinajstić information content (AvgIpc) is 2.28. The number of ether oxygens (including phenoxy) is 2. The normalized spacial score (nSPS) is 22.0. The lowest BCUT2D eigenvalue weighted by molar-refractivity contribution is -0.140. The summed E-state index contributed by atoms with van der Waals surface area (Å²) in [5, 5.41) is 11.3. The number of carbonyl (C=O) groups is 2. The molecule has 0 aromatic carbocycles. The molecule has 2 atom stereocenters. The lowest BCUT2D eigenvalue weighted by Crippen LogP contribution is -2.55. The minimum absolute atomic E-state index is 0.0549. The number of carbonyl (C=O) groups excluding carboxylic acids is 1. The van der Waals surface area contributed by atoms with E-state index in [-0.39, 0.29) is 12.6 Å². The molecule has 7 heteroatoms. The molecule has 0 saturated carbocycles. The first-order chi connectivity index (χ1) is 8.06. The van der Waals surface area contributed by atoms with Crippen molar-refractivity contribution in [1.82, 2.24) is 10.2 Å². The van der Waals surface area contributed by atoms with Gasteiger partial charge in [0.15, 0.2) is 6.04 Å². The highest BCUT2D eigenvalue weighted by molar-refractivity contribution is 5.82. The van der Waals surface area contributed by atoms with Gasteiger partial charge in [0.1, 0.15) is 0 Å². The Morgan fingerprint density at radius 3 is 2.88 bits per heavy atom. The number of nitrogens with one attached hydrogen (secondary N) is 1. The molecule has 0 aromatic heterocycles. The predicted octanol–water partition coefficient (Wildman–Crippen LogP) is -0.484. The molecule has 1 fully saturated rings. The van der Waals surface area contributed by atoms with Crippen molar-refractivity contribution >= 4 is 12.0 Å². The van der Waals surface area contributed by atoms with Crippen LogP contribution in [0.3, 0.4) is 0 Å². The molecule has 1 aliphatic heterocycles. The number of aliphatic carboxylic acids is 1. The molecule has 2 amide bonds. The van der Waals surface area contributed by atoms with Crippen molar-refractivity contribution in [2.45, 2.75) is 19.0 Å². The maximum absolute atomic E-state index is 11.8. The summed E-state index contributed by atoms with van der Waals surface area (Å²) >= 11 is 0. The van der Waals surface area contributed by atoms with Gasteiger partial charge in [0.25, 0.3) is 0 Å². The standard InChI is InChI=1S/C10H18N2O5/c1-7-5-17-4-3-12(7)10(15)11-8(6-16-2)9(13)14/h7-8H,3-6H2,1-2H3,(H,11,15)(H,13,14). The topological polar surface area (TPSA) is 88.1 Å². The van der Waals surface area contributed by atoms with E-state index in [4.69, 9.17) is 14.6 Å². The van der Waals surface area contributed by atoms with Gasteiger partial charge in [-0.05, 0) is 6.92 Å². The molecule has 0 bridgehead atoms. The van der Waals surface area contributed by atoms with Gasteiger partial charge in [-0.2, -0.15) is 0 Å². The van der Waals surface area contributed by atoms with Crippen molar-refractivity contribution in [2.75, 3.05) is 33.5 Å². The highest BCUT2D eigenvalue weighted by Gasteiger charge is 2.27. The molecule has 1 rings (SSSR count). The Hall–Kier alpha value is -1.34. The second kappa shape index (κ2) is 6.41. The van der Waals surface area contributed by atoms with Crippen molar-refractivity contribution in [3.05, 3.63) is 0 Å². The Morgan fingerprint density at radius 1 is 1.65 bits per heavy atom. The Kier molecular flexibility index (Phi) is 5.17. The van der Waals surface area contributed by atoms with Crippen LogP contribution in [0.25, 0.3) is 0 Å². The number of amides is 2. The van der Waals surface area contributed by atoms with Gasteiger partial charge in [0, 0.05) is 13.7 Å². The fraction of sp³-hybridized carbons (Fsp3) is 0.800. The van der Waals surface area contributed by atoms with E-state index in [1.165, 1.54) is 7.11 Å². The van der Waals surface area contributed by atoms with Gasteiger partial charge >= 0.3 is 12.0 Å². The number of carboxylic acids is 1. The van der Waals surface area contributed by atoms with Crippen LogP contribution >= 0.6 is 0 Å². The molecule has 0 radical (unpaired) electrons. The highest BCUT2D eigenvalue weighted by atomic mass is 16.5. The number of hydrogen-bond donors (Lipinski definition) is 2. The van der Waals surface area contributed by atoms with Gasteiger partial charge in [0.2, 0.25) is 0 Å². The molecule has 0 aromatic rings. The first-order valence-electron chi connectivity index (χ1n) is 5.43. The molecular formula is C10H18N2O5. The molecule has 2 unspecified atom stereocenters. The summed E-state index contributed by atoms with van der Waals surface area (Å²) in [4.78, 5) is 24.3. The lowest BCUT2D eigenvalue weighted by Gasteiger charge is -2.34. The van der Waals surface area contributed by atoms with E-state index in [0.717, 1.165) is 0 Å². The van der Waals surface area contributed by atoms with Crippen molar-refractivity contribution in [2.24, 2.45) is 0 Å². The van der Waals surface area contributed by atoms with Gasteiger partial charge in [-0.15, -0.1) is 0 Å². The predicted molar refractivity (Wildman–Crippen MR) is 58.8 cm³/mol. The highest BCUT2D eigenvalue weighted by Crippen LogP contribution is 2.06. The van der Waals surface area contributed by atoms with Crippen LogP contribution in [0, 0.1) is 0 Å². The summed E-state index contributed by atoms with van der Waals surface area (Å²) in [6.45, 7) is 3.20. The largest absolute Gasteiger partial charge is 0.480 e. The van der Waals surface area contributed by atoms with Crippen LogP contribution in [0.15, 0.2) is 0 Å². The number of nitrogens with zero attached hydrogens (tertiary/aromatic N) is 1. The molecule has 98 valence electrons. The molecule has 2 N–H and O–H groups in total. The molecule has 0 aliphatic carbocycles. The molecular weight excluding hydrogens is 228 g/mol. The minimum atomic E-state index is -1.11. The van der Waals surface area contributed by atoms with E-state index in [0.29, 0.717) is 19.8 Å². The third-order valence-electron chi connectivity index (χ3n) is 2.56. The zero-order valence-electron chi connectivity index (χ0n) is 10.0. The second-order valence-electron chi connectivity index (χ2n) is 3.91. The number of carboxylic acid groups (broad SMARTS) is 1. The summed E-state index contributed by atoms with van der Waals surface area (Å²) in [5.74, 6) is -1.11. The molecule has 1 saturated heterocycles. The maximum Gasteiger partial charge on any atom is 0.328 e. The van der Waals surface area contributed by atoms with Crippen LogP contribution in [-0.4, -0.2) is 67.6 Å². The zero-order valence-corrected chi connectivity index (χ0v) is 10.0. The Bertz CT molecular complexity index is 284. The number of methoxy groups -OCH3 is 1. The van der Waals surface area contributed by atoms with Gasteiger partial charge in [0.05, 0.1) is 25.9 Å². The Morgan fingerprint density at radius 2 is 2.35 bits per heavy atom. The van der Waals surface area contributed by atoms with E-state index in [9.17, 15) is 9.59 Å². The molecule has 1 aliphatic rings. The van der Waals surface area contributed by atoms with Crippen molar-refractivity contribution < 1.29 is 24.2 Å². The fourth-order valence-electron chi connectivity index (χ4n) is 1.60. The number of rotatable bonds is 4. The third kappa shape index (κ3) is 3.86. The minimum Gasteiger partial charge on any atom is -0.480 e. The van der Waals surface area contributed by atoms with Gasteiger partial charge in [-0.1, -0.05) is 0 Å². The summed E-state index contributed by atoms with van der Waals surface area (Å²) < 4.78 is 9.94. The van der Waals surface area contributed by atoms with Crippen LogP contribution in [0.5, 0.6) is 0 Å². The van der Waals surface area contributed by atoms with Crippen molar-refractivity contribution in [1.29, 1.82) is 0 Å². The first-order valence-corrected chi connectivity index (χ1v) is 5.43. The van der Waals surface area contributed by atoms with Crippen LogP contribution < -0.4 is 5.32 Å². The van der Waals surface area contributed by atoms with Crippen LogP contribution in [0.2, 0.25) is 0 Å². The van der Waals surface area contributed by atoms with E-state index in [1.54, 1.807) is 4.90 Å². The van der Waals surface area contributed by atoms with Crippen LogP contribution in [0.4, 0.5) is 4.79 Å². The molecule has 7 nitrogen and oxygen atoms in total. The van der Waals surface area contributed by atoms with Crippen molar-refractivity contribution in [3.63, 3.8) is 0 Å². The zero-order chi connectivity index (χ0) is 12.8. The quantitative estimate of drug-likeness (QED) is 0.699. The maximum atomic E-state index is 11.8. The average molecular weight is 246 g/mol. The monoisotopic (exact) mass is 246 g/mol. The second-order valence-corrected chi connectivity index (χ2v) is 3.91. The van der Waals surface area contributed by atoms with Gasteiger partial charge in [-0.3, -0.25) is 0 Å². The number of urea groups is 1. The fourth-order valence-corrected chi connectivity index (χ4v) is 1.60. The van der Waals surface area contributed by atoms with Crippen LogP contribution in [0.1, 0.15) is 6.92 Å². The van der Waals surface area contributed by atoms with Gasteiger partial charge in [-0.25, -0.2) is 9.59 Å². The molecule has 1 heterocycles. The van der Waals surface area contributed by atoms with E-state index < -0.39 is 18.0 Å². The van der Waals surface area contributed by atoms with E-state index in [2.05, 4.69) is 5.32 Å². The van der Waals surface area contributed by atoms with Crippen LogP contribution in [-0.2, 0) is 14.3 Å². The van der Waals surface area contributed by atoms with Gasteiger partial charge < -0.3 is 24.8 Å². The lowest BCUT2D eigenvalue weighted by atomic mass is 10.2. The number of hydrogen-bond acceptors (Lipinski definition) is 4. The van der Waals surface area contributed by atoms with Crippen molar-refractivity contribution in [3.8, 4) is 0 Å². The number of morpholine rings is 1. The third-order valence-corrected chi connectivity index (χ3v) is 2.56. The first kappa shape index (κ1) is 13.7. The Labute approximate surface area is 99.7 Å². The Balaban J connectivity index is 2.53. The van der Waals surface area contributed by atoms with E-state index in [1.807, 2.05) is 6.92 Å². The molecule has 0 spiro atoms. The summed E-state index contributed by atoms with van der Waals surface area (Å²) in [6.07, 6.45) is 0. The van der Waals surface area contributed by atoms with E-state index >= 15 is 0 Å². The molecule has 17 heavy (non-hydrogen) atoms. The summed E-state index contributed by atoms with van der Waals surface area (Å²) in [7, 11) is 1.39.